The molecule has 0 saturated heterocycles. The number of halogens is 3. The van der Waals surface area contributed by atoms with Gasteiger partial charge in [0, 0.05) is 37.1 Å². The van der Waals surface area contributed by atoms with E-state index in [0.717, 1.165) is 18.0 Å². The molecule has 0 aliphatic carbocycles. The number of alkyl halides is 3. The summed E-state index contributed by atoms with van der Waals surface area (Å²) in [5, 5.41) is 5.60. The predicted octanol–water partition coefficient (Wildman–Crippen LogP) is 2.83. The Morgan fingerprint density at radius 3 is 2.68 bits per heavy atom. The summed E-state index contributed by atoms with van der Waals surface area (Å²) in [6.07, 6.45) is 0.346. The van der Waals surface area contributed by atoms with Gasteiger partial charge in [-0.15, -0.1) is 0 Å². The topological polar surface area (TPSA) is 84.7 Å². The lowest BCUT2D eigenvalue weighted by molar-refractivity contribution is -0.137. The van der Waals surface area contributed by atoms with Gasteiger partial charge in [-0.2, -0.15) is 13.2 Å². The van der Waals surface area contributed by atoms with E-state index in [2.05, 4.69) is 25.6 Å². The van der Waals surface area contributed by atoms with Crippen LogP contribution in [0.2, 0.25) is 0 Å². The Bertz CT molecular complexity index is 970. The molecular formula is C18H17F3N6O. The first kappa shape index (κ1) is 19.3. The van der Waals surface area contributed by atoms with Crippen LogP contribution in [0.5, 0.6) is 0 Å². The van der Waals surface area contributed by atoms with Crippen molar-refractivity contribution in [2.75, 3.05) is 18.4 Å². The average molecular weight is 390 g/mol. The van der Waals surface area contributed by atoms with Crippen LogP contribution < -0.4 is 10.6 Å². The molecule has 2 heterocycles. The number of benzene rings is 1. The summed E-state index contributed by atoms with van der Waals surface area (Å²) in [6.45, 7) is 2.39. The molecule has 2 N–H and O–H groups in total. The zero-order chi connectivity index (χ0) is 20.1. The first-order valence-corrected chi connectivity index (χ1v) is 8.36. The van der Waals surface area contributed by atoms with Gasteiger partial charge in [0.25, 0.3) is 5.91 Å². The Hall–Kier alpha value is -3.43. The van der Waals surface area contributed by atoms with Crippen LogP contribution in [0, 0.1) is 6.92 Å². The standard InChI is InChI=1S/C18H17F3N6O/c1-12-22-7-8-27(12)16-10-15(25-11-26-16)23-5-6-24-17(28)13-3-2-4-14(9-13)18(19,20)21/h2-4,7-11H,5-6H2,1H3,(H,24,28)(H,23,25,26). The van der Waals surface area contributed by atoms with Gasteiger partial charge >= 0.3 is 6.18 Å². The van der Waals surface area contributed by atoms with Crippen molar-refractivity contribution in [3.8, 4) is 5.82 Å². The number of nitrogens with zero attached hydrogens (tertiary/aromatic N) is 4. The average Bonchev–Trinajstić information content (AvgIpc) is 3.11. The molecule has 7 nitrogen and oxygen atoms in total. The summed E-state index contributed by atoms with van der Waals surface area (Å²) in [5.74, 6) is 1.38. The van der Waals surface area contributed by atoms with E-state index in [1.54, 1.807) is 23.0 Å². The number of aryl methyl sites for hydroxylation is 1. The predicted molar refractivity (Wildman–Crippen MR) is 96.2 cm³/mol. The summed E-state index contributed by atoms with van der Waals surface area (Å²) < 4.78 is 40.0. The second kappa shape index (κ2) is 8.07. The second-order valence-electron chi connectivity index (χ2n) is 5.87. The number of anilines is 1. The minimum absolute atomic E-state index is 0.0465. The van der Waals surface area contributed by atoms with Gasteiger partial charge in [-0.1, -0.05) is 6.07 Å². The normalized spacial score (nSPS) is 11.3. The zero-order valence-corrected chi connectivity index (χ0v) is 14.9. The first-order valence-electron chi connectivity index (χ1n) is 8.36. The third-order valence-electron chi connectivity index (χ3n) is 3.89. The van der Waals surface area contributed by atoms with Crippen LogP contribution in [0.25, 0.3) is 5.82 Å². The fraction of sp³-hybridized carbons (Fsp3) is 0.222. The Morgan fingerprint density at radius 1 is 1.14 bits per heavy atom. The minimum atomic E-state index is -4.49. The molecule has 0 radical (unpaired) electrons. The van der Waals surface area contributed by atoms with Gasteiger partial charge in [-0.3, -0.25) is 9.36 Å². The maximum absolute atomic E-state index is 12.7. The second-order valence-corrected chi connectivity index (χ2v) is 5.87. The number of carbonyl (C=O) groups is 1. The Morgan fingerprint density at radius 2 is 1.96 bits per heavy atom. The summed E-state index contributed by atoms with van der Waals surface area (Å²) >= 11 is 0. The van der Waals surface area contributed by atoms with Crippen molar-refractivity contribution in [3.63, 3.8) is 0 Å². The van der Waals surface area contributed by atoms with Crippen molar-refractivity contribution < 1.29 is 18.0 Å². The van der Waals surface area contributed by atoms with Crippen molar-refractivity contribution in [2.24, 2.45) is 0 Å². The lowest BCUT2D eigenvalue weighted by atomic mass is 10.1. The van der Waals surface area contributed by atoms with E-state index < -0.39 is 17.6 Å². The largest absolute Gasteiger partial charge is 0.416 e. The molecule has 0 saturated carbocycles. The van der Waals surface area contributed by atoms with Gasteiger partial charge in [0.15, 0.2) is 0 Å². The summed E-state index contributed by atoms with van der Waals surface area (Å²) in [6, 6.07) is 6.02. The molecule has 146 valence electrons. The smallest absolute Gasteiger partial charge is 0.368 e. The molecule has 0 unspecified atom stereocenters. The molecule has 0 aliphatic rings. The van der Waals surface area contributed by atoms with Crippen molar-refractivity contribution in [2.45, 2.75) is 13.1 Å². The molecule has 3 rings (SSSR count). The highest BCUT2D eigenvalue weighted by Gasteiger charge is 2.30. The van der Waals surface area contributed by atoms with E-state index in [9.17, 15) is 18.0 Å². The van der Waals surface area contributed by atoms with Crippen LogP contribution in [0.1, 0.15) is 21.7 Å². The van der Waals surface area contributed by atoms with Gasteiger partial charge in [0.1, 0.15) is 23.8 Å². The fourth-order valence-corrected chi connectivity index (χ4v) is 2.50. The lowest BCUT2D eigenvalue weighted by Gasteiger charge is -2.10. The van der Waals surface area contributed by atoms with Crippen LogP contribution in [0.15, 0.2) is 49.1 Å². The number of imidazole rings is 1. The molecule has 0 bridgehead atoms. The van der Waals surface area contributed by atoms with E-state index in [1.165, 1.54) is 18.5 Å². The molecule has 0 aliphatic heterocycles. The van der Waals surface area contributed by atoms with Crippen LogP contribution in [-0.4, -0.2) is 38.5 Å². The van der Waals surface area contributed by atoms with Gasteiger partial charge in [-0.25, -0.2) is 15.0 Å². The minimum Gasteiger partial charge on any atom is -0.368 e. The van der Waals surface area contributed by atoms with Gasteiger partial charge in [-0.05, 0) is 25.1 Å². The van der Waals surface area contributed by atoms with Gasteiger partial charge in [0.05, 0.1) is 5.56 Å². The highest BCUT2D eigenvalue weighted by molar-refractivity contribution is 5.94. The van der Waals surface area contributed by atoms with E-state index in [0.29, 0.717) is 18.2 Å². The number of carbonyl (C=O) groups excluding carboxylic acids is 1. The highest BCUT2D eigenvalue weighted by atomic mass is 19.4. The molecule has 0 fully saturated rings. The molecule has 0 atom stereocenters. The SMILES string of the molecule is Cc1nccn1-c1cc(NCCNC(=O)c2cccc(C(F)(F)F)c2)ncn1. The Labute approximate surface area is 158 Å². The van der Waals surface area contributed by atoms with Crippen LogP contribution in [0.3, 0.4) is 0 Å². The van der Waals surface area contributed by atoms with Crippen LogP contribution >= 0.6 is 0 Å². The van der Waals surface area contributed by atoms with Gasteiger partial charge < -0.3 is 10.6 Å². The summed E-state index contributed by atoms with van der Waals surface area (Å²) in [5.41, 5.74) is -0.906. The molecule has 0 spiro atoms. The molecule has 1 aromatic carbocycles. The summed E-state index contributed by atoms with van der Waals surface area (Å²) in [4.78, 5) is 24.4. The molecular weight excluding hydrogens is 373 g/mol. The molecule has 10 heteroatoms. The maximum atomic E-state index is 12.7. The Kier molecular flexibility index (Phi) is 5.57. The van der Waals surface area contributed by atoms with Crippen molar-refractivity contribution in [1.29, 1.82) is 0 Å². The number of amides is 1. The lowest BCUT2D eigenvalue weighted by Crippen LogP contribution is -2.29. The van der Waals surface area contributed by atoms with E-state index in [4.69, 9.17) is 0 Å². The molecule has 28 heavy (non-hydrogen) atoms. The molecule has 2 aromatic heterocycles. The fourth-order valence-electron chi connectivity index (χ4n) is 2.50. The van der Waals surface area contributed by atoms with Crippen LogP contribution in [0.4, 0.5) is 19.0 Å². The number of nitrogens with one attached hydrogen (secondary N) is 2. The molecule has 3 aromatic rings. The molecule has 1 amide bonds. The number of hydrogen-bond donors (Lipinski definition) is 2. The highest BCUT2D eigenvalue weighted by Crippen LogP contribution is 2.29. The van der Waals surface area contributed by atoms with E-state index in [1.807, 2.05) is 6.92 Å². The van der Waals surface area contributed by atoms with Crippen molar-refractivity contribution in [3.05, 3.63) is 66.0 Å². The number of aromatic nitrogens is 4. The number of rotatable bonds is 6. The Balaban J connectivity index is 1.54. The zero-order valence-electron chi connectivity index (χ0n) is 14.9. The van der Waals surface area contributed by atoms with Crippen molar-refractivity contribution >= 4 is 11.7 Å². The van der Waals surface area contributed by atoms with E-state index in [-0.39, 0.29) is 12.1 Å². The summed E-state index contributed by atoms with van der Waals surface area (Å²) in [7, 11) is 0. The third kappa shape index (κ3) is 4.64. The van der Waals surface area contributed by atoms with Gasteiger partial charge in [0.2, 0.25) is 0 Å². The third-order valence-corrected chi connectivity index (χ3v) is 3.89. The quantitative estimate of drug-likeness (QED) is 0.633. The maximum Gasteiger partial charge on any atom is 0.416 e. The first-order chi connectivity index (χ1) is 13.3. The monoisotopic (exact) mass is 390 g/mol. The van der Waals surface area contributed by atoms with Crippen molar-refractivity contribution in [1.82, 2.24) is 24.8 Å². The van der Waals surface area contributed by atoms with E-state index >= 15 is 0 Å². The number of hydrogen-bond acceptors (Lipinski definition) is 5. The van der Waals surface area contributed by atoms with Crippen LogP contribution in [-0.2, 0) is 6.18 Å².